The fourth-order valence-corrected chi connectivity index (χ4v) is 1.74. The van der Waals surface area contributed by atoms with E-state index in [9.17, 15) is 17.6 Å². The Morgan fingerprint density at radius 2 is 1.90 bits per heavy atom. The van der Waals surface area contributed by atoms with Crippen molar-refractivity contribution in [2.24, 2.45) is 0 Å². The summed E-state index contributed by atoms with van der Waals surface area (Å²) in [6.07, 6.45) is -3.04. The molecule has 0 unspecified atom stereocenters. The SMILES string of the molecule is Cc1ccc(NCc2ccc(F)cc2C(F)(F)F)cn1. The highest BCUT2D eigenvalue weighted by molar-refractivity contribution is 5.43. The van der Waals surface area contributed by atoms with Crippen LogP contribution in [-0.2, 0) is 12.7 Å². The Bertz CT molecular complexity index is 591. The van der Waals surface area contributed by atoms with Crippen LogP contribution in [0.25, 0.3) is 0 Å². The van der Waals surface area contributed by atoms with Gasteiger partial charge in [0.25, 0.3) is 0 Å². The van der Waals surface area contributed by atoms with E-state index in [2.05, 4.69) is 10.3 Å². The zero-order chi connectivity index (χ0) is 14.8. The monoisotopic (exact) mass is 284 g/mol. The molecule has 0 spiro atoms. The second-order valence-corrected chi connectivity index (χ2v) is 4.34. The molecule has 0 fully saturated rings. The van der Waals surface area contributed by atoms with Crippen molar-refractivity contribution in [2.45, 2.75) is 19.6 Å². The molecule has 0 bridgehead atoms. The van der Waals surface area contributed by atoms with Gasteiger partial charge in [0.05, 0.1) is 17.4 Å². The van der Waals surface area contributed by atoms with Gasteiger partial charge in [0, 0.05) is 12.2 Å². The van der Waals surface area contributed by atoms with E-state index in [1.165, 1.54) is 6.20 Å². The first-order valence-electron chi connectivity index (χ1n) is 5.88. The Hall–Kier alpha value is -2.11. The van der Waals surface area contributed by atoms with E-state index in [0.717, 1.165) is 17.8 Å². The highest BCUT2D eigenvalue weighted by Crippen LogP contribution is 2.32. The summed E-state index contributed by atoms with van der Waals surface area (Å²) in [5, 5.41) is 2.84. The number of anilines is 1. The molecule has 6 heteroatoms. The van der Waals surface area contributed by atoms with Gasteiger partial charge in [-0.25, -0.2) is 4.39 Å². The van der Waals surface area contributed by atoms with Crippen molar-refractivity contribution in [1.29, 1.82) is 0 Å². The molecule has 2 aromatic rings. The fourth-order valence-electron chi connectivity index (χ4n) is 1.74. The van der Waals surface area contributed by atoms with Gasteiger partial charge in [-0.3, -0.25) is 4.98 Å². The summed E-state index contributed by atoms with van der Waals surface area (Å²) in [5.41, 5.74) is 0.436. The Labute approximate surface area is 113 Å². The standard InChI is InChI=1S/C14H12F4N2/c1-9-2-5-12(8-19-9)20-7-10-3-4-11(15)6-13(10)14(16,17)18/h2-6,8,20H,7H2,1H3. The summed E-state index contributed by atoms with van der Waals surface area (Å²) in [6.45, 7) is 1.76. The van der Waals surface area contributed by atoms with Crippen LogP contribution in [-0.4, -0.2) is 4.98 Å². The topological polar surface area (TPSA) is 24.9 Å². The Morgan fingerprint density at radius 1 is 1.15 bits per heavy atom. The lowest BCUT2D eigenvalue weighted by Gasteiger charge is -2.14. The number of nitrogens with one attached hydrogen (secondary N) is 1. The molecule has 1 aromatic heterocycles. The lowest BCUT2D eigenvalue weighted by atomic mass is 10.1. The molecule has 20 heavy (non-hydrogen) atoms. The summed E-state index contributed by atoms with van der Waals surface area (Å²) >= 11 is 0. The van der Waals surface area contributed by atoms with E-state index in [1.54, 1.807) is 12.1 Å². The average molecular weight is 284 g/mol. The van der Waals surface area contributed by atoms with Crippen LogP contribution in [0.15, 0.2) is 36.5 Å². The summed E-state index contributed by atoms with van der Waals surface area (Å²) in [4.78, 5) is 4.03. The molecule has 0 aliphatic carbocycles. The number of hydrogen-bond donors (Lipinski definition) is 1. The second kappa shape index (κ2) is 5.48. The maximum Gasteiger partial charge on any atom is 0.416 e. The van der Waals surface area contributed by atoms with Crippen LogP contribution in [0.1, 0.15) is 16.8 Å². The van der Waals surface area contributed by atoms with E-state index in [0.29, 0.717) is 11.8 Å². The van der Waals surface area contributed by atoms with Gasteiger partial charge in [0.1, 0.15) is 5.82 Å². The summed E-state index contributed by atoms with van der Waals surface area (Å²) in [7, 11) is 0. The molecule has 106 valence electrons. The number of nitrogens with zero attached hydrogens (tertiary/aromatic N) is 1. The zero-order valence-corrected chi connectivity index (χ0v) is 10.6. The molecule has 1 aromatic carbocycles. The zero-order valence-electron chi connectivity index (χ0n) is 10.6. The van der Waals surface area contributed by atoms with Crippen LogP contribution in [0.3, 0.4) is 0 Å². The predicted molar refractivity (Wildman–Crippen MR) is 67.7 cm³/mol. The molecule has 2 nitrogen and oxygen atoms in total. The fraction of sp³-hybridized carbons (Fsp3) is 0.214. The van der Waals surface area contributed by atoms with Gasteiger partial charge in [-0.05, 0) is 36.8 Å². The van der Waals surface area contributed by atoms with E-state index >= 15 is 0 Å². The maximum atomic E-state index is 13.0. The molecule has 0 saturated carbocycles. The van der Waals surface area contributed by atoms with Crippen molar-refractivity contribution in [1.82, 2.24) is 4.98 Å². The Balaban J connectivity index is 2.19. The highest BCUT2D eigenvalue weighted by atomic mass is 19.4. The first-order chi connectivity index (χ1) is 9.36. The van der Waals surface area contributed by atoms with Crippen LogP contribution in [0.4, 0.5) is 23.2 Å². The first-order valence-corrected chi connectivity index (χ1v) is 5.88. The summed E-state index contributed by atoms with van der Waals surface area (Å²) in [6, 6.07) is 6.12. The van der Waals surface area contributed by atoms with Crippen molar-refractivity contribution >= 4 is 5.69 Å². The minimum atomic E-state index is -4.58. The lowest BCUT2D eigenvalue weighted by molar-refractivity contribution is -0.138. The quantitative estimate of drug-likeness (QED) is 0.856. The molecular weight excluding hydrogens is 272 g/mol. The van der Waals surface area contributed by atoms with Crippen LogP contribution < -0.4 is 5.32 Å². The van der Waals surface area contributed by atoms with Gasteiger partial charge in [-0.2, -0.15) is 13.2 Å². The van der Waals surface area contributed by atoms with Gasteiger partial charge in [-0.1, -0.05) is 6.07 Å². The van der Waals surface area contributed by atoms with E-state index in [-0.39, 0.29) is 12.1 Å². The minimum absolute atomic E-state index is 0.0144. The molecule has 2 rings (SSSR count). The van der Waals surface area contributed by atoms with Crippen LogP contribution in [0, 0.1) is 12.7 Å². The van der Waals surface area contributed by atoms with Crippen LogP contribution >= 0.6 is 0 Å². The largest absolute Gasteiger partial charge is 0.416 e. The third-order valence-corrected chi connectivity index (χ3v) is 2.77. The Kier molecular flexibility index (Phi) is 3.92. The van der Waals surface area contributed by atoms with Crippen molar-refractivity contribution in [3.63, 3.8) is 0 Å². The number of alkyl halides is 3. The molecule has 0 radical (unpaired) electrons. The minimum Gasteiger partial charge on any atom is -0.380 e. The maximum absolute atomic E-state index is 13.0. The predicted octanol–water partition coefficient (Wildman–Crippen LogP) is 4.16. The third kappa shape index (κ3) is 3.46. The highest BCUT2D eigenvalue weighted by Gasteiger charge is 2.33. The molecule has 1 N–H and O–H groups in total. The number of hydrogen-bond acceptors (Lipinski definition) is 2. The molecular formula is C14H12F4N2. The molecule has 1 heterocycles. The Morgan fingerprint density at radius 3 is 2.50 bits per heavy atom. The van der Waals surface area contributed by atoms with Crippen LogP contribution in [0.5, 0.6) is 0 Å². The normalized spacial score (nSPS) is 11.4. The molecule has 0 aliphatic rings. The number of rotatable bonds is 3. The molecule has 0 amide bonds. The van der Waals surface area contributed by atoms with Gasteiger partial charge in [0.15, 0.2) is 0 Å². The van der Waals surface area contributed by atoms with Crippen molar-refractivity contribution in [2.75, 3.05) is 5.32 Å². The van der Waals surface area contributed by atoms with Gasteiger partial charge >= 0.3 is 6.18 Å². The average Bonchev–Trinajstić information content (AvgIpc) is 2.38. The number of aromatic nitrogens is 1. The summed E-state index contributed by atoms with van der Waals surface area (Å²) < 4.78 is 51.4. The second-order valence-electron chi connectivity index (χ2n) is 4.34. The molecule has 0 saturated heterocycles. The first kappa shape index (κ1) is 14.3. The van der Waals surface area contributed by atoms with Crippen molar-refractivity contribution in [3.8, 4) is 0 Å². The van der Waals surface area contributed by atoms with Crippen molar-refractivity contribution in [3.05, 3.63) is 59.2 Å². The molecule has 0 atom stereocenters. The number of aryl methyl sites for hydroxylation is 1. The van der Waals surface area contributed by atoms with E-state index in [4.69, 9.17) is 0 Å². The van der Waals surface area contributed by atoms with E-state index < -0.39 is 17.6 Å². The smallest absolute Gasteiger partial charge is 0.380 e. The van der Waals surface area contributed by atoms with Crippen molar-refractivity contribution < 1.29 is 17.6 Å². The third-order valence-electron chi connectivity index (χ3n) is 2.77. The number of halogens is 4. The van der Waals surface area contributed by atoms with Crippen LogP contribution in [0.2, 0.25) is 0 Å². The summed E-state index contributed by atoms with van der Waals surface area (Å²) in [5.74, 6) is -0.905. The van der Waals surface area contributed by atoms with Gasteiger partial charge in [0.2, 0.25) is 0 Å². The lowest BCUT2D eigenvalue weighted by Crippen LogP contribution is -2.12. The number of benzene rings is 1. The van der Waals surface area contributed by atoms with E-state index in [1.807, 2.05) is 6.92 Å². The van der Waals surface area contributed by atoms with Gasteiger partial charge < -0.3 is 5.32 Å². The van der Waals surface area contributed by atoms with Gasteiger partial charge in [-0.15, -0.1) is 0 Å². The number of pyridine rings is 1. The molecule has 0 aliphatic heterocycles.